The number of aromatic nitrogens is 2. The summed E-state index contributed by atoms with van der Waals surface area (Å²) < 4.78 is 6.39. The molecule has 0 spiro atoms. The average Bonchev–Trinajstić information content (AvgIpc) is 2.97. The largest absolute Gasteiger partial charge is 0.383 e. The second-order valence-corrected chi connectivity index (χ2v) is 4.19. The van der Waals surface area contributed by atoms with E-state index in [1.54, 1.807) is 23.8 Å². The number of carbonyl (C=O) groups excluding carboxylic acids is 1. The molecule has 2 rings (SSSR count). The zero-order chi connectivity index (χ0) is 15.2. The van der Waals surface area contributed by atoms with E-state index in [1.165, 1.54) is 24.7 Å². The number of nitrogens with zero attached hydrogens (tertiary/aromatic N) is 3. The monoisotopic (exact) mass is 290 g/mol. The summed E-state index contributed by atoms with van der Waals surface area (Å²) in [7, 11) is 1.54. The van der Waals surface area contributed by atoms with Crippen LogP contribution in [0.25, 0.3) is 5.69 Å². The van der Waals surface area contributed by atoms with Crippen molar-refractivity contribution in [2.24, 2.45) is 0 Å². The summed E-state index contributed by atoms with van der Waals surface area (Å²) >= 11 is 0. The molecule has 0 aliphatic rings. The zero-order valence-corrected chi connectivity index (χ0v) is 11.4. The van der Waals surface area contributed by atoms with Gasteiger partial charge in [0.15, 0.2) is 0 Å². The molecule has 1 aromatic carbocycles. The van der Waals surface area contributed by atoms with Crippen molar-refractivity contribution in [2.75, 3.05) is 20.3 Å². The zero-order valence-electron chi connectivity index (χ0n) is 11.4. The summed E-state index contributed by atoms with van der Waals surface area (Å²) in [4.78, 5) is 26.1. The van der Waals surface area contributed by atoms with E-state index < -0.39 is 4.92 Å². The number of nitro groups is 1. The van der Waals surface area contributed by atoms with Crippen molar-refractivity contribution in [3.05, 3.63) is 52.6 Å². The molecule has 0 radical (unpaired) electrons. The molecular weight excluding hydrogens is 276 g/mol. The molecule has 110 valence electrons. The van der Waals surface area contributed by atoms with E-state index >= 15 is 0 Å². The Morgan fingerprint density at radius 2 is 2.33 bits per heavy atom. The molecule has 0 aliphatic heterocycles. The van der Waals surface area contributed by atoms with Crippen LogP contribution in [0.1, 0.15) is 10.5 Å². The van der Waals surface area contributed by atoms with Crippen LogP contribution in [0.2, 0.25) is 0 Å². The number of non-ortho nitro benzene ring substituents is 1. The summed E-state index contributed by atoms with van der Waals surface area (Å²) in [6.45, 7) is 0.802. The fraction of sp³-hybridized carbons (Fsp3) is 0.231. The Hall–Kier alpha value is -2.74. The lowest BCUT2D eigenvalue weighted by Gasteiger charge is -2.02. The first-order valence-electron chi connectivity index (χ1n) is 6.18. The van der Waals surface area contributed by atoms with Gasteiger partial charge in [-0.1, -0.05) is 6.07 Å². The summed E-state index contributed by atoms with van der Waals surface area (Å²) in [6, 6.07) is 6.08. The summed E-state index contributed by atoms with van der Waals surface area (Å²) in [6.07, 6.45) is 2.95. The quantitative estimate of drug-likeness (QED) is 0.489. The highest BCUT2D eigenvalue weighted by Gasteiger charge is 2.11. The second kappa shape index (κ2) is 6.62. The third kappa shape index (κ3) is 3.63. The Morgan fingerprint density at radius 3 is 3.05 bits per heavy atom. The summed E-state index contributed by atoms with van der Waals surface area (Å²) in [5.74, 6) is -0.323. The summed E-state index contributed by atoms with van der Waals surface area (Å²) in [5.41, 5.74) is 0.776. The number of carbonyl (C=O) groups is 1. The first-order valence-corrected chi connectivity index (χ1v) is 6.18. The van der Waals surface area contributed by atoms with Gasteiger partial charge in [-0.05, 0) is 6.07 Å². The number of nitro benzene ring substituents is 1. The topological polar surface area (TPSA) is 99.3 Å². The van der Waals surface area contributed by atoms with Gasteiger partial charge in [0.05, 0.1) is 17.2 Å². The van der Waals surface area contributed by atoms with Crippen LogP contribution < -0.4 is 5.32 Å². The van der Waals surface area contributed by atoms with Crippen LogP contribution in [0.5, 0.6) is 0 Å². The predicted molar refractivity (Wildman–Crippen MR) is 74.4 cm³/mol. The van der Waals surface area contributed by atoms with Crippen LogP contribution in [0, 0.1) is 10.1 Å². The fourth-order valence-electron chi connectivity index (χ4n) is 1.71. The first-order chi connectivity index (χ1) is 10.1. The lowest BCUT2D eigenvalue weighted by Crippen LogP contribution is -2.27. The molecule has 2 aromatic rings. The molecule has 8 heteroatoms. The van der Waals surface area contributed by atoms with Gasteiger partial charge in [0.25, 0.3) is 11.6 Å². The molecule has 0 bridgehead atoms. The molecule has 0 saturated heterocycles. The van der Waals surface area contributed by atoms with Gasteiger partial charge in [-0.25, -0.2) is 4.98 Å². The third-order valence-electron chi connectivity index (χ3n) is 2.75. The molecular formula is C13H14N4O4. The van der Waals surface area contributed by atoms with E-state index in [2.05, 4.69) is 10.3 Å². The third-order valence-corrected chi connectivity index (χ3v) is 2.75. The lowest BCUT2D eigenvalue weighted by atomic mass is 10.3. The Bertz CT molecular complexity index is 653. The van der Waals surface area contributed by atoms with E-state index in [-0.39, 0.29) is 17.3 Å². The van der Waals surface area contributed by atoms with Gasteiger partial charge >= 0.3 is 0 Å². The van der Waals surface area contributed by atoms with Gasteiger partial charge in [-0.3, -0.25) is 14.9 Å². The van der Waals surface area contributed by atoms with Crippen molar-refractivity contribution in [2.45, 2.75) is 0 Å². The number of hydrogen-bond acceptors (Lipinski definition) is 5. The summed E-state index contributed by atoms with van der Waals surface area (Å²) in [5, 5.41) is 13.4. The number of amides is 1. The molecule has 8 nitrogen and oxygen atoms in total. The molecule has 1 N–H and O–H groups in total. The lowest BCUT2D eigenvalue weighted by molar-refractivity contribution is -0.384. The molecule has 1 amide bonds. The van der Waals surface area contributed by atoms with Crippen LogP contribution in [0.3, 0.4) is 0 Å². The highest BCUT2D eigenvalue weighted by atomic mass is 16.6. The van der Waals surface area contributed by atoms with E-state index in [9.17, 15) is 14.9 Å². The van der Waals surface area contributed by atoms with Gasteiger partial charge < -0.3 is 14.6 Å². The molecule has 0 saturated carbocycles. The van der Waals surface area contributed by atoms with Gasteiger partial charge in [0, 0.05) is 32.0 Å². The SMILES string of the molecule is COCCNC(=O)c1cn(-c2cccc([N+](=O)[O-])c2)cn1. The fourth-order valence-corrected chi connectivity index (χ4v) is 1.71. The minimum Gasteiger partial charge on any atom is -0.383 e. The minimum absolute atomic E-state index is 0.0210. The van der Waals surface area contributed by atoms with Crippen molar-refractivity contribution < 1.29 is 14.5 Å². The van der Waals surface area contributed by atoms with Crippen molar-refractivity contribution in [3.63, 3.8) is 0 Å². The van der Waals surface area contributed by atoms with E-state index in [0.717, 1.165) is 0 Å². The van der Waals surface area contributed by atoms with Crippen LogP contribution in [0.15, 0.2) is 36.8 Å². The Morgan fingerprint density at radius 1 is 1.52 bits per heavy atom. The van der Waals surface area contributed by atoms with Crippen LogP contribution in [-0.4, -0.2) is 40.6 Å². The maximum atomic E-state index is 11.8. The van der Waals surface area contributed by atoms with Crippen LogP contribution in [-0.2, 0) is 4.74 Å². The number of imidazole rings is 1. The average molecular weight is 290 g/mol. The van der Waals surface area contributed by atoms with Crippen molar-refractivity contribution in [1.82, 2.24) is 14.9 Å². The number of ether oxygens (including phenoxy) is 1. The van der Waals surface area contributed by atoms with Crippen molar-refractivity contribution in [3.8, 4) is 5.69 Å². The maximum absolute atomic E-state index is 11.8. The smallest absolute Gasteiger partial charge is 0.271 e. The highest BCUT2D eigenvalue weighted by molar-refractivity contribution is 5.92. The molecule has 0 fully saturated rings. The van der Waals surface area contributed by atoms with E-state index in [0.29, 0.717) is 18.8 Å². The first kappa shape index (κ1) is 14.7. The molecule has 0 atom stereocenters. The van der Waals surface area contributed by atoms with Gasteiger partial charge in [-0.2, -0.15) is 0 Å². The number of rotatable bonds is 6. The van der Waals surface area contributed by atoms with Crippen LogP contribution in [0.4, 0.5) is 5.69 Å². The molecule has 0 unspecified atom stereocenters. The van der Waals surface area contributed by atoms with E-state index in [4.69, 9.17) is 4.74 Å². The standard InChI is InChI=1S/C13H14N4O4/c1-21-6-5-14-13(18)12-8-16(9-15-12)10-3-2-4-11(7-10)17(19)20/h2-4,7-9H,5-6H2,1H3,(H,14,18). The van der Waals surface area contributed by atoms with Gasteiger partial charge in [0.1, 0.15) is 12.0 Å². The molecule has 21 heavy (non-hydrogen) atoms. The highest BCUT2D eigenvalue weighted by Crippen LogP contribution is 2.16. The van der Waals surface area contributed by atoms with Gasteiger partial charge in [0.2, 0.25) is 0 Å². The van der Waals surface area contributed by atoms with Crippen molar-refractivity contribution >= 4 is 11.6 Å². The number of methoxy groups -OCH3 is 1. The number of hydrogen-bond donors (Lipinski definition) is 1. The number of benzene rings is 1. The Balaban J connectivity index is 2.14. The molecule has 1 aromatic heterocycles. The van der Waals surface area contributed by atoms with Gasteiger partial charge in [-0.15, -0.1) is 0 Å². The predicted octanol–water partition coefficient (Wildman–Crippen LogP) is 1.16. The molecule has 0 aliphatic carbocycles. The Kier molecular flexibility index (Phi) is 4.62. The minimum atomic E-state index is -0.473. The Labute approximate surface area is 120 Å². The molecule has 1 heterocycles. The van der Waals surface area contributed by atoms with E-state index in [1.807, 2.05) is 0 Å². The van der Waals surface area contributed by atoms with Crippen LogP contribution >= 0.6 is 0 Å². The van der Waals surface area contributed by atoms with Crippen molar-refractivity contribution in [1.29, 1.82) is 0 Å². The normalized spacial score (nSPS) is 10.3. The second-order valence-electron chi connectivity index (χ2n) is 4.19. The maximum Gasteiger partial charge on any atom is 0.271 e. The number of nitrogens with one attached hydrogen (secondary N) is 1.